The van der Waals surface area contributed by atoms with Crippen molar-refractivity contribution in [1.82, 2.24) is 30.1 Å². The summed E-state index contributed by atoms with van der Waals surface area (Å²) in [5.41, 5.74) is 3.19. The number of aliphatic imine (C=N–C) groups is 1. The Labute approximate surface area is 288 Å². The zero-order valence-corrected chi connectivity index (χ0v) is 29.1. The number of hydrogen-bond donors (Lipinski definition) is 2. The first-order chi connectivity index (χ1) is 23.1. The molecule has 1 aliphatic heterocycles. The quantitative estimate of drug-likeness (QED) is 0.165. The largest absolute Gasteiger partial charge is 0.353 e. The number of piperazine rings is 1. The molecule has 0 spiro atoms. The summed E-state index contributed by atoms with van der Waals surface area (Å²) < 4.78 is 30.4. The van der Waals surface area contributed by atoms with Crippen LogP contribution in [0, 0.1) is 23.2 Å². The fraction of sp³-hybridized carbons (Fsp3) is 0.459. The van der Waals surface area contributed by atoms with Crippen LogP contribution in [-0.2, 0) is 13.0 Å². The lowest BCUT2D eigenvalue weighted by molar-refractivity contribution is -0.112. The van der Waals surface area contributed by atoms with Crippen molar-refractivity contribution in [3.8, 4) is 11.4 Å². The van der Waals surface area contributed by atoms with Gasteiger partial charge in [-0.3, -0.25) is 14.3 Å². The van der Waals surface area contributed by atoms with Crippen LogP contribution in [0.5, 0.6) is 0 Å². The van der Waals surface area contributed by atoms with Gasteiger partial charge in [0.05, 0.1) is 22.6 Å². The molecule has 3 heterocycles. The molecular weight excluding hydrogens is 676 g/mol. The van der Waals surface area contributed by atoms with Crippen LogP contribution in [0.4, 0.5) is 14.5 Å². The Morgan fingerprint density at radius 2 is 1.98 bits per heavy atom. The summed E-state index contributed by atoms with van der Waals surface area (Å²) in [5, 5.41) is 7.18. The average molecular weight is 719 g/mol. The maximum atomic E-state index is 14.0. The topological polar surface area (TPSA) is 87.4 Å². The number of fused-ring (bicyclic) bond motifs is 3. The maximum Gasteiger partial charge on any atom is 0.261 e. The van der Waals surface area contributed by atoms with Crippen LogP contribution >= 0.6 is 15.9 Å². The number of aryl methyl sites for hydroxylation is 1. The minimum Gasteiger partial charge on any atom is -0.353 e. The van der Waals surface area contributed by atoms with Crippen LogP contribution in [0.3, 0.4) is 0 Å². The first kappa shape index (κ1) is 32.8. The Morgan fingerprint density at radius 3 is 2.69 bits per heavy atom. The number of nitrogens with zero attached hydrogens (tertiary/aromatic N) is 5. The molecule has 48 heavy (non-hydrogen) atoms. The number of benzene rings is 2. The van der Waals surface area contributed by atoms with Crippen LogP contribution in [0.2, 0.25) is 0 Å². The molecule has 1 saturated heterocycles. The van der Waals surface area contributed by atoms with Crippen LogP contribution in [0.1, 0.15) is 39.2 Å². The van der Waals surface area contributed by atoms with Gasteiger partial charge in [0.25, 0.3) is 12.0 Å². The molecule has 3 aliphatic carbocycles. The highest BCUT2D eigenvalue weighted by molar-refractivity contribution is 9.10. The SMILES string of the molecule is C[C@H]1[C@@H](NC(=Nc2ccc3c(=O)n(CCc4ccc(Br)cc4)c(-c4cccnc4)nc3c2)N2CCN[C@@H](C(F)F)C2)C[C@@H]2C[C@@H]1C2(C)C. The van der Waals surface area contributed by atoms with Gasteiger partial charge in [0.1, 0.15) is 5.82 Å². The number of rotatable bonds is 7. The van der Waals surface area contributed by atoms with E-state index in [-0.39, 0.29) is 18.1 Å². The van der Waals surface area contributed by atoms with E-state index in [9.17, 15) is 13.6 Å². The van der Waals surface area contributed by atoms with E-state index in [0.717, 1.165) is 22.0 Å². The zero-order chi connectivity index (χ0) is 33.6. The molecule has 8 rings (SSSR count). The molecule has 0 radical (unpaired) electrons. The smallest absolute Gasteiger partial charge is 0.261 e. The number of aromatic nitrogens is 3. The van der Waals surface area contributed by atoms with Gasteiger partial charge in [-0.1, -0.05) is 48.8 Å². The molecule has 2 aromatic heterocycles. The van der Waals surface area contributed by atoms with E-state index in [0.29, 0.717) is 77.6 Å². The molecule has 2 bridgehead atoms. The number of pyridine rings is 1. The summed E-state index contributed by atoms with van der Waals surface area (Å²) in [6.07, 6.45) is 3.88. The molecule has 4 fully saturated rings. The van der Waals surface area contributed by atoms with Crippen LogP contribution in [0.25, 0.3) is 22.3 Å². The zero-order valence-electron chi connectivity index (χ0n) is 27.5. The van der Waals surface area contributed by atoms with E-state index in [1.54, 1.807) is 23.0 Å². The Hall–Kier alpha value is -3.70. The van der Waals surface area contributed by atoms with Crippen molar-refractivity contribution in [2.45, 2.75) is 65.1 Å². The van der Waals surface area contributed by atoms with Crippen molar-refractivity contribution in [2.24, 2.45) is 28.2 Å². The molecule has 5 atom stereocenters. The highest BCUT2D eigenvalue weighted by Crippen LogP contribution is 2.61. The van der Waals surface area contributed by atoms with E-state index in [2.05, 4.69) is 52.3 Å². The molecule has 0 unspecified atom stereocenters. The van der Waals surface area contributed by atoms with Crippen molar-refractivity contribution in [1.29, 1.82) is 0 Å². The second kappa shape index (κ2) is 13.3. The third kappa shape index (κ3) is 6.39. The Morgan fingerprint density at radius 1 is 1.17 bits per heavy atom. The van der Waals surface area contributed by atoms with E-state index >= 15 is 0 Å². The number of nitrogens with one attached hydrogen (secondary N) is 2. The lowest BCUT2D eigenvalue weighted by Crippen LogP contribution is -2.64. The molecule has 8 nitrogen and oxygen atoms in total. The molecule has 0 amide bonds. The Kier molecular flexibility index (Phi) is 9.10. The summed E-state index contributed by atoms with van der Waals surface area (Å²) in [6, 6.07) is 16.5. The van der Waals surface area contributed by atoms with Gasteiger partial charge in [0.2, 0.25) is 0 Å². The standard InChI is InChI=1S/C37H42BrF2N7O/c1-22-29-17-25(37(29,2)3)18-30(22)45-36(46-16-14-42-32(21-46)33(39)40)43-27-10-11-28-31(19-27)44-34(24-5-4-13-41-20-24)47(35(28)48)15-12-23-6-8-26(38)9-7-23/h4-11,13,19-20,22,25,29-30,32-33,42H,12,14-18,21H2,1-3H3,(H,43,45)/t22-,25+,29+,30+,32-/m1/s1. The number of alkyl halides is 2. The van der Waals surface area contributed by atoms with Gasteiger partial charge in [-0.15, -0.1) is 0 Å². The highest BCUT2D eigenvalue weighted by Gasteiger charge is 2.56. The first-order valence-electron chi connectivity index (χ1n) is 16.9. The van der Waals surface area contributed by atoms with Crippen molar-refractivity contribution >= 4 is 38.5 Å². The van der Waals surface area contributed by atoms with Gasteiger partial charge in [0.15, 0.2) is 5.96 Å². The molecular formula is C37H42BrF2N7O. The fourth-order valence-electron chi connectivity index (χ4n) is 8.06. The molecule has 11 heteroatoms. The summed E-state index contributed by atoms with van der Waals surface area (Å²) in [7, 11) is 0. The van der Waals surface area contributed by atoms with E-state index < -0.39 is 12.5 Å². The van der Waals surface area contributed by atoms with Gasteiger partial charge in [-0.2, -0.15) is 0 Å². The molecule has 4 aromatic rings. The van der Waals surface area contributed by atoms with Gasteiger partial charge >= 0.3 is 0 Å². The Bertz CT molecular complexity index is 1860. The third-order valence-corrected chi connectivity index (χ3v) is 11.6. The van der Waals surface area contributed by atoms with Crippen molar-refractivity contribution in [3.05, 3.63) is 87.4 Å². The minimum atomic E-state index is -2.47. The monoisotopic (exact) mass is 717 g/mol. The maximum absolute atomic E-state index is 14.0. The third-order valence-electron chi connectivity index (χ3n) is 11.1. The van der Waals surface area contributed by atoms with Gasteiger partial charge < -0.3 is 15.5 Å². The van der Waals surface area contributed by atoms with Crippen LogP contribution in [-0.4, -0.2) is 63.5 Å². The summed E-state index contributed by atoms with van der Waals surface area (Å²) in [5.74, 6) is 2.83. The van der Waals surface area contributed by atoms with Gasteiger partial charge in [-0.05, 0) is 90.5 Å². The van der Waals surface area contributed by atoms with E-state index in [1.165, 1.54) is 6.42 Å². The fourth-order valence-corrected chi connectivity index (χ4v) is 8.32. The molecule has 252 valence electrons. The predicted octanol–water partition coefficient (Wildman–Crippen LogP) is 6.65. The predicted molar refractivity (Wildman–Crippen MR) is 190 cm³/mol. The number of hydrogen-bond acceptors (Lipinski definition) is 5. The normalized spacial score (nSPS) is 25.3. The lowest BCUT2D eigenvalue weighted by atomic mass is 9.45. The lowest BCUT2D eigenvalue weighted by Gasteiger charge is -2.62. The average Bonchev–Trinajstić information content (AvgIpc) is 3.09. The second-order valence-corrected chi connectivity index (χ2v) is 15.1. The van der Waals surface area contributed by atoms with Crippen molar-refractivity contribution < 1.29 is 8.78 Å². The minimum absolute atomic E-state index is 0.135. The van der Waals surface area contributed by atoms with Crippen molar-refractivity contribution in [3.63, 3.8) is 0 Å². The highest BCUT2D eigenvalue weighted by atomic mass is 79.9. The first-order valence-corrected chi connectivity index (χ1v) is 17.7. The molecule has 2 N–H and O–H groups in total. The number of guanidine groups is 1. The Balaban J connectivity index is 1.25. The molecule has 2 aromatic carbocycles. The summed E-state index contributed by atoms with van der Waals surface area (Å²) in [6.45, 7) is 8.66. The second-order valence-electron chi connectivity index (χ2n) is 14.2. The van der Waals surface area contributed by atoms with E-state index in [4.69, 9.17) is 9.98 Å². The molecule has 4 aliphatic rings. The van der Waals surface area contributed by atoms with E-state index in [1.807, 2.05) is 53.4 Å². The van der Waals surface area contributed by atoms with Gasteiger partial charge in [0, 0.05) is 54.7 Å². The van der Waals surface area contributed by atoms with Crippen LogP contribution in [0.15, 0.2) is 81.3 Å². The summed E-state index contributed by atoms with van der Waals surface area (Å²) in [4.78, 5) is 30.3. The van der Waals surface area contributed by atoms with Crippen molar-refractivity contribution in [2.75, 3.05) is 19.6 Å². The van der Waals surface area contributed by atoms with Gasteiger partial charge in [-0.25, -0.2) is 18.8 Å². The number of halogens is 3. The molecule has 3 saturated carbocycles. The summed E-state index contributed by atoms with van der Waals surface area (Å²) >= 11 is 3.49. The van der Waals surface area contributed by atoms with Crippen LogP contribution < -0.4 is 16.2 Å².